The van der Waals surface area contributed by atoms with E-state index >= 15 is 0 Å². The molecular formula is C23H25N3O3. The Balaban J connectivity index is 1.72. The van der Waals surface area contributed by atoms with Crippen LogP contribution in [0.2, 0.25) is 0 Å². The van der Waals surface area contributed by atoms with Crippen molar-refractivity contribution in [3.63, 3.8) is 0 Å². The van der Waals surface area contributed by atoms with Crippen molar-refractivity contribution in [3.05, 3.63) is 65.0 Å². The van der Waals surface area contributed by atoms with Gasteiger partial charge in [0, 0.05) is 18.2 Å². The average molecular weight is 391 g/mol. The van der Waals surface area contributed by atoms with Gasteiger partial charge in [-0.25, -0.2) is 9.78 Å². The number of carbonyl (C=O) groups excluding carboxylic acids is 1. The monoisotopic (exact) mass is 391 g/mol. The molecule has 0 saturated carbocycles. The van der Waals surface area contributed by atoms with Gasteiger partial charge < -0.3 is 15.0 Å². The van der Waals surface area contributed by atoms with Crippen LogP contribution in [0.25, 0.3) is 11.0 Å². The Morgan fingerprint density at radius 3 is 2.59 bits per heavy atom. The van der Waals surface area contributed by atoms with Crippen LogP contribution in [0.4, 0.5) is 0 Å². The third-order valence-corrected chi connectivity index (χ3v) is 5.79. The first-order chi connectivity index (χ1) is 13.7. The molecule has 1 atom stereocenters. The van der Waals surface area contributed by atoms with Gasteiger partial charge in [-0.3, -0.25) is 4.79 Å². The first-order valence-electron chi connectivity index (χ1n) is 9.83. The van der Waals surface area contributed by atoms with Gasteiger partial charge in [0.25, 0.3) is 5.91 Å². The number of aromatic nitrogens is 2. The van der Waals surface area contributed by atoms with E-state index in [1.807, 2.05) is 29.2 Å². The fraction of sp³-hybridized carbons (Fsp3) is 0.348. The van der Waals surface area contributed by atoms with E-state index in [4.69, 9.17) is 0 Å². The molecule has 1 aliphatic rings. The minimum Gasteiger partial charge on any atom is -0.478 e. The van der Waals surface area contributed by atoms with Gasteiger partial charge in [0.15, 0.2) is 0 Å². The summed E-state index contributed by atoms with van der Waals surface area (Å²) < 4.78 is 0. The summed E-state index contributed by atoms with van der Waals surface area (Å²) in [5, 5.41) is 9.37. The zero-order valence-corrected chi connectivity index (χ0v) is 16.9. The standard InChI is InChI=1S/C23H25N3O3/c1-23(2,3)20-12-17-10-16(22(28)29)5-4-14(17)8-9-26(20)21(27)15-6-7-18-19(11-15)25-13-24-18/h4-7,10-11,13,20H,8-9,12H2,1-3H3,(H,24,25)(H,28,29). The number of hydrogen-bond acceptors (Lipinski definition) is 3. The van der Waals surface area contributed by atoms with Gasteiger partial charge in [-0.2, -0.15) is 0 Å². The van der Waals surface area contributed by atoms with Crippen LogP contribution in [0.1, 0.15) is 52.6 Å². The lowest BCUT2D eigenvalue weighted by atomic mass is 9.81. The maximum atomic E-state index is 13.5. The second-order valence-electron chi connectivity index (χ2n) is 8.76. The number of amides is 1. The number of imidazole rings is 1. The van der Waals surface area contributed by atoms with Gasteiger partial charge >= 0.3 is 5.97 Å². The van der Waals surface area contributed by atoms with E-state index in [2.05, 4.69) is 30.7 Å². The molecule has 29 heavy (non-hydrogen) atoms. The molecule has 1 unspecified atom stereocenters. The Labute approximate surface area is 169 Å². The summed E-state index contributed by atoms with van der Waals surface area (Å²) in [6.07, 6.45) is 2.97. The maximum Gasteiger partial charge on any atom is 0.335 e. The third kappa shape index (κ3) is 3.62. The Kier molecular flexibility index (Phi) is 4.65. The molecule has 6 heteroatoms. The van der Waals surface area contributed by atoms with Crippen LogP contribution in [0.3, 0.4) is 0 Å². The fourth-order valence-corrected chi connectivity index (χ4v) is 4.16. The summed E-state index contributed by atoms with van der Waals surface area (Å²) in [6.45, 7) is 6.98. The van der Waals surface area contributed by atoms with E-state index in [-0.39, 0.29) is 17.4 Å². The molecule has 2 heterocycles. The molecule has 0 saturated heterocycles. The molecule has 0 bridgehead atoms. The number of carbonyl (C=O) groups is 2. The van der Waals surface area contributed by atoms with Gasteiger partial charge in [-0.1, -0.05) is 26.8 Å². The highest BCUT2D eigenvalue weighted by molar-refractivity contribution is 5.97. The summed E-state index contributed by atoms with van der Waals surface area (Å²) >= 11 is 0. The highest BCUT2D eigenvalue weighted by atomic mass is 16.4. The second-order valence-corrected chi connectivity index (χ2v) is 8.76. The Hall–Kier alpha value is -3.15. The van der Waals surface area contributed by atoms with Gasteiger partial charge in [0.1, 0.15) is 0 Å². The van der Waals surface area contributed by atoms with E-state index in [9.17, 15) is 14.7 Å². The molecule has 6 nitrogen and oxygen atoms in total. The second kappa shape index (κ2) is 7.03. The van der Waals surface area contributed by atoms with Crippen molar-refractivity contribution in [2.45, 2.75) is 39.7 Å². The van der Waals surface area contributed by atoms with Crippen LogP contribution >= 0.6 is 0 Å². The number of H-pyrrole nitrogens is 1. The molecule has 1 aliphatic heterocycles. The van der Waals surface area contributed by atoms with Crippen molar-refractivity contribution in [2.75, 3.05) is 6.54 Å². The number of nitrogens with one attached hydrogen (secondary N) is 1. The number of aromatic amines is 1. The Bertz CT molecular complexity index is 1090. The Morgan fingerprint density at radius 1 is 1.10 bits per heavy atom. The highest BCUT2D eigenvalue weighted by Gasteiger charge is 2.36. The predicted octanol–water partition coefficient (Wildman–Crippen LogP) is 3.92. The molecule has 1 aromatic heterocycles. The lowest BCUT2D eigenvalue weighted by Crippen LogP contribution is -2.48. The topological polar surface area (TPSA) is 86.3 Å². The minimum atomic E-state index is -0.926. The average Bonchev–Trinajstić information content (AvgIpc) is 3.05. The number of nitrogens with zero attached hydrogens (tertiary/aromatic N) is 2. The molecule has 2 N–H and O–H groups in total. The molecule has 0 spiro atoms. The van der Waals surface area contributed by atoms with Crippen molar-refractivity contribution in [3.8, 4) is 0 Å². The normalized spacial score (nSPS) is 17.1. The Morgan fingerprint density at radius 2 is 1.86 bits per heavy atom. The van der Waals surface area contributed by atoms with Crippen molar-refractivity contribution in [2.24, 2.45) is 5.41 Å². The van der Waals surface area contributed by atoms with Crippen molar-refractivity contribution in [1.82, 2.24) is 14.9 Å². The van der Waals surface area contributed by atoms with Crippen LogP contribution in [-0.4, -0.2) is 44.4 Å². The zero-order chi connectivity index (χ0) is 20.8. The molecule has 4 rings (SSSR count). The number of carboxylic acids is 1. The number of carboxylic acid groups (broad SMARTS) is 1. The fourth-order valence-electron chi connectivity index (χ4n) is 4.16. The summed E-state index contributed by atoms with van der Waals surface area (Å²) in [5.74, 6) is -0.933. The summed E-state index contributed by atoms with van der Waals surface area (Å²) in [5.41, 5.74) is 4.57. The van der Waals surface area contributed by atoms with Gasteiger partial charge in [0.2, 0.25) is 0 Å². The van der Waals surface area contributed by atoms with Crippen LogP contribution < -0.4 is 0 Å². The molecule has 0 aliphatic carbocycles. The minimum absolute atomic E-state index is 0.00677. The van der Waals surface area contributed by atoms with Gasteiger partial charge in [0.05, 0.1) is 22.9 Å². The molecule has 150 valence electrons. The molecular weight excluding hydrogens is 366 g/mol. The third-order valence-electron chi connectivity index (χ3n) is 5.79. The lowest BCUT2D eigenvalue weighted by Gasteiger charge is -2.39. The number of rotatable bonds is 2. The SMILES string of the molecule is CC(C)(C)C1Cc2cc(C(=O)O)ccc2CCN1C(=O)c1ccc2nc[nH]c2c1. The van der Waals surface area contributed by atoms with Crippen LogP contribution in [-0.2, 0) is 12.8 Å². The van der Waals surface area contributed by atoms with Gasteiger partial charge in [-0.15, -0.1) is 0 Å². The van der Waals surface area contributed by atoms with Crippen molar-refractivity contribution < 1.29 is 14.7 Å². The van der Waals surface area contributed by atoms with Crippen LogP contribution in [0.5, 0.6) is 0 Å². The van der Waals surface area contributed by atoms with E-state index in [1.165, 1.54) is 0 Å². The smallest absolute Gasteiger partial charge is 0.335 e. The zero-order valence-electron chi connectivity index (χ0n) is 16.9. The molecule has 0 fully saturated rings. The number of aromatic carboxylic acids is 1. The first kappa shape index (κ1) is 19.2. The van der Waals surface area contributed by atoms with Crippen LogP contribution in [0, 0.1) is 5.41 Å². The number of fused-ring (bicyclic) bond motifs is 2. The molecule has 3 aromatic rings. The van der Waals surface area contributed by atoms with E-state index in [0.29, 0.717) is 30.5 Å². The van der Waals surface area contributed by atoms with Crippen molar-refractivity contribution in [1.29, 1.82) is 0 Å². The summed E-state index contributed by atoms with van der Waals surface area (Å²) in [4.78, 5) is 34.2. The van der Waals surface area contributed by atoms with E-state index in [1.54, 1.807) is 18.5 Å². The highest BCUT2D eigenvalue weighted by Crippen LogP contribution is 2.33. The number of hydrogen-bond donors (Lipinski definition) is 2. The first-order valence-corrected chi connectivity index (χ1v) is 9.83. The quantitative estimate of drug-likeness (QED) is 0.693. The van der Waals surface area contributed by atoms with Gasteiger partial charge in [-0.05, 0) is 59.7 Å². The number of benzene rings is 2. The lowest BCUT2D eigenvalue weighted by molar-refractivity contribution is 0.0531. The van der Waals surface area contributed by atoms with Crippen LogP contribution in [0.15, 0.2) is 42.7 Å². The summed E-state index contributed by atoms with van der Waals surface area (Å²) in [6, 6.07) is 10.8. The molecule has 0 radical (unpaired) electrons. The maximum absolute atomic E-state index is 13.5. The van der Waals surface area contributed by atoms with E-state index in [0.717, 1.165) is 22.2 Å². The predicted molar refractivity (Wildman–Crippen MR) is 111 cm³/mol. The molecule has 2 aromatic carbocycles. The van der Waals surface area contributed by atoms with Crippen molar-refractivity contribution >= 4 is 22.9 Å². The van der Waals surface area contributed by atoms with E-state index < -0.39 is 5.97 Å². The molecule has 1 amide bonds. The largest absolute Gasteiger partial charge is 0.478 e. The summed E-state index contributed by atoms with van der Waals surface area (Å²) in [7, 11) is 0.